The third kappa shape index (κ3) is 2.50. The van der Waals surface area contributed by atoms with Crippen molar-refractivity contribution in [3.05, 3.63) is 18.2 Å². The minimum absolute atomic E-state index is 0.570. The van der Waals surface area contributed by atoms with Crippen LogP contribution in [-0.4, -0.2) is 36.7 Å². The average Bonchev–Trinajstić information content (AvgIpc) is 2.99. The monoisotopic (exact) mass is 261 g/mol. The van der Waals surface area contributed by atoms with Crippen molar-refractivity contribution in [2.75, 3.05) is 30.7 Å². The van der Waals surface area contributed by atoms with Crippen molar-refractivity contribution in [1.82, 2.24) is 4.90 Å². The molecule has 2 aliphatic rings. The van der Waals surface area contributed by atoms with E-state index in [9.17, 15) is 0 Å². The SMILES string of the molecule is CCOc1cc(NC2CCN3CCCC23)ccc1N. The predicted octanol–water partition coefficient (Wildman–Crippen LogP) is 2.32. The number of nitrogens with two attached hydrogens (primary N) is 1. The van der Waals surface area contributed by atoms with Crippen molar-refractivity contribution in [3.63, 3.8) is 0 Å². The van der Waals surface area contributed by atoms with Crippen LogP contribution in [-0.2, 0) is 0 Å². The van der Waals surface area contributed by atoms with Crippen molar-refractivity contribution in [3.8, 4) is 5.75 Å². The number of rotatable bonds is 4. The Morgan fingerprint density at radius 1 is 1.37 bits per heavy atom. The Balaban J connectivity index is 1.71. The van der Waals surface area contributed by atoms with Crippen molar-refractivity contribution in [2.45, 2.75) is 38.3 Å². The number of nitrogens with zero attached hydrogens (tertiary/aromatic N) is 1. The van der Waals surface area contributed by atoms with Crippen molar-refractivity contribution in [1.29, 1.82) is 0 Å². The number of fused-ring (bicyclic) bond motifs is 1. The number of benzene rings is 1. The highest BCUT2D eigenvalue weighted by molar-refractivity contribution is 5.61. The molecule has 0 aliphatic carbocycles. The van der Waals surface area contributed by atoms with Crippen molar-refractivity contribution < 1.29 is 4.74 Å². The van der Waals surface area contributed by atoms with Crippen LogP contribution in [0.5, 0.6) is 5.75 Å². The summed E-state index contributed by atoms with van der Waals surface area (Å²) >= 11 is 0. The van der Waals surface area contributed by atoms with Crippen LogP contribution in [0.25, 0.3) is 0 Å². The smallest absolute Gasteiger partial charge is 0.144 e. The standard InChI is InChI=1S/C15H23N3O/c1-2-19-15-10-11(5-6-12(15)16)17-13-7-9-18-8-3-4-14(13)18/h5-6,10,13-14,17H,2-4,7-9,16H2,1H3. The highest BCUT2D eigenvalue weighted by Gasteiger charge is 2.36. The fourth-order valence-electron chi connectivity index (χ4n) is 3.37. The molecule has 4 nitrogen and oxygen atoms in total. The molecule has 2 fully saturated rings. The van der Waals surface area contributed by atoms with Gasteiger partial charge < -0.3 is 15.8 Å². The van der Waals surface area contributed by atoms with E-state index in [0.717, 1.165) is 11.4 Å². The minimum atomic E-state index is 0.570. The second-order valence-electron chi connectivity index (χ2n) is 5.47. The first-order valence-electron chi connectivity index (χ1n) is 7.31. The molecule has 2 atom stereocenters. The number of nitrogen functional groups attached to an aromatic ring is 1. The molecule has 4 heteroatoms. The molecule has 0 spiro atoms. The maximum Gasteiger partial charge on any atom is 0.144 e. The number of nitrogens with one attached hydrogen (secondary N) is 1. The molecule has 0 aromatic heterocycles. The fraction of sp³-hybridized carbons (Fsp3) is 0.600. The first kappa shape index (κ1) is 12.6. The van der Waals surface area contributed by atoms with E-state index >= 15 is 0 Å². The average molecular weight is 261 g/mol. The van der Waals surface area contributed by atoms with Gasteiger partial charge in [-0.3, -0.25) is 4.90 Å². The zero-order valence-electron chi connectivity index (χ0n) is 11.6. The zero-order chi connectivity index (χ0) is 13.2. The summed E-state index contributed by atoms with van der Waals surface area (Å²) in [7, 11) is 0. The first-order valence-corrected chi connectivity index (χ1v) is 7.31. The summed E-state index contributed by atoms with van der Waals surface area (Å²) in [6, 6.07) is 7.29. The third-order valence-corrected chi connectivity index (χ3v) is 4.27. The normalized spacial score (nSPS) is 26.4. The van der Waals surface area contributed by atoms with Gasteiger partial charge in [-0.15, -0.1) is 0 Å². The predicted molar refractivity (Wildman–Crippen MR) is 78.6 cm³/mol. The Hall–Kier alpha value is -1.42. The highest BCUT2D eigenvalue weighted by atomic mass is 16.5. The topological polar surface area (TPSA) is 50.5 Å². The van der Waals surface area contributed by atoms with E-state index in [1.54, 1.807) is 0 Å². The van der Waals surface area contributed by atoms with E-state index in [-0.39, 0.29) is 0 Å². The van der Waals surface area contributed by atoms with E-state index in [1.165, 1.54) is 32.4 Å². The van der Waals surface area contributed by atoms with Crippen molar-refractivity contribution in [2.24, 2.45) is 0 Å². The lowest BCUT2D eigenvalue weighted by Crippen LogP contribution is -2.33. The molecular formula is C15H23N3O. The molecular weight excluding hydrogens is 238 g/mol. The first-order chi connectivity index (χ1) is 9.28. The van der Waals surface area contributed by atoms with Gasteiger partial charge in [-0.05, 0) is 44.9 Å². The van der Waals surface area contributed by atoms with Gasteiger partial charge in [-0.25, -0.2) is 0 Å². The molecule has 19 heavy (non-hydrogen) atoms. The Bertz CT molecular complexity index is 449. The Labute approximate surface area is 114 Å². The summed E-state index contributed by atoms with van der Waals surface area (Å²) in [6.07, 6.45) is 3.90. The molecule has 0 saturated carbocycles. The summed E-state index contributed by atoms with van der Waals surface area (Å²) in [5.74, 6) is 0.786. The van der Waals surface area contributed by atoms with Gasteiger partial charge in [0.05, 0.1) is 12.3 Å². The van der Waals surface area contributed by atoms with Crippen LogP contribution < -0.4 is 15.8 Å². The molecule has 2 unspecified atom stereocenters. The summed E-state index contributed by atoms with van der Waals surface area (Å²) in [4.78, 5) is 2.61. The number of anilines is 2. The lowest BCUT2D eigenvalue weighted by Gasteiger charge is -2.22. The second-order valence-corrected chi connectivity index (χ2v) is 5.47. The number of hydrogen-bond donors (Lipinski definition) is 2. The van der Waals surface area contributed by atoms with Gasteiger partial charge in [0, 0.05) is 30.4 Å². The van der Waals surface area contributed by atoms with Crippen LogP contribution >= 0.6 is 0 Å². The molecule has 1 aromatic carbocycles. The zero-order valence-corrected chi connectivity index (χ0v) is 11.6. The molecule has 0 radical (unpaired) electrons. The van der Waals surface area contributed by atoms with Gasteiger partial charge in [0.15, 0.2) is 0 Å². The summed E-state index contributed by atoms with van der Waals surface area (Å²) < 4.78 is 5.55. The van der Waals surface area contributed by atoms with Crippen LogP contribution in [0, 0.1) is 0 Å². The molecule has 1 aromatic rings. The molecule has 3 N–H and O–H groups in total. The largest absolute Gasteiger partial charge is 0.492 e. The fourth-order valence-corrected chi connectivity index (χ4v) is 3.37. The lowest BCUT2D eigenvalue weighted by molar-refractivity contribution is 0.318. The highest BCUT2D eigenvalue weighted by Crippen LogP contribution is 2.32. The Morgan fingerprint density at radius 3 is 3.11 bits per heavy atom. The van der Waals surface area contributed by atoms with Crippen LogP contribution in [0.2, 0.25) is 0 Å². The van der Waals surface area contributed by atoms with Crippen LogP contribution in [0.3, 0.4) is 0 Å². The molecule has 2 heterocycles. The van der Waals surface area contributed by atoms with E-state index in [2.05, 4.69) is 16.3 Å². The van der Waals surface area contributed by atoms with Gasteiger partial charge in [0.1, 0.15) is 5.75 Å². The van der Waals surface area contributed by atoms with Gasteiger partial charge >= 0.3 is 0 Å². The molecule has 2 saturated heterocycles. The van der Waals surface area contributed by atoms with Crippen molar-refractivity contribution >= 4 is 11.4 Å². The van der Waals surface area contributed by atoms with E-state index in [4.69, 9.17) is 10.5 Å². The summed E-state index contributed by atoms with van der Waals surface area (Å²) in [5.41, 5.74) is 7.74. The van der Waals surface area contributed by atoms with Gasteiger partial charge in [0.25, 0.3) is 0 Å². The van der Waals surface area contributed by atoms with E-state index < -0.39 is 0 Å². The quantitative estimate of drug-likeness (QED) is 0.817. The van der Waals surface area contributed by atoms with Crippen LogP contribution in [0.4, 0.5) is 11.4 Å². The Kier molecular flexibility index (Phi) is 3.51. The minimum Gasteiger partial charge on any atom is -0.492 e. The molecule has 3 rings (SSSR count). The van der Waals surface area contributed by atoms with Crippen LogP contribution in [0.1, 0.15) is 26.2 Å². The van der Waals surface area contributed by atoms with Gasteiger partial charge in [-0.2, -0.15) is 0 Å². The second kappa shape index (κ2) is 5.29. The number of ether oxygens (including phenoxy) is 1. The van der Waals surface area contributed by atoms with E-state index in [0.29, 0.717) is 24.4 Å². The van der Waals surface area contributed by atoms with Crippen LogP contribution in [0.15, 0.2) is 18.2 Å². The number of hydrogen-bond acceptors (Lipinski definition) is 4. The summed E-state index contributed by atoms with van der Waals surface area (Å²) in [5, 5.41) is 3.66. The Morgan fingerprint density at radius 2 is 2.26 bits per heavy atom. The summed E-state index contributed by atoms with van der Waals surface area (Å²) in [6.45, 7) is 5.13. The third-order valence-electron chi connectivity index (χ3n) is 4.27. The molecule has 104 valence electrons. The maximum atomic E-state index is 5.91. The molecule has 0 amide bonds. The lowest BCUT2D eigenvalue weighted by atomic mass is 10.1. The van der Waals surface area contributed by atoms with Gasteiger partial charge in [0.2, 0.25) is 0 Å². The molecule has 0 bridgehead atoms. The molecule has 2 aliphatic heterocycles. The van der Waals surface area contributed by atoms with Gasteiger partial charge in [-0.1, -0.05) is 0 Å². The van der Waals surface area contributed by atoms with E-state index in [1.807, 2.05) is 19.1 Å². The maximum absolute atomic E-state index is 5.91.